The summed E-state index contributed by atoms with van der Waals surface area (Å²) < 4.78 is 5.70. The van der Waals surface area contributed by atoms with Gasteiger partial charge in [-0.05, 0) is 17.8 Å². The number of hydrogen-bond donors (Lipinski definition) is 0. The van der Waals surface area contributed by atoms with Gasteiger partial charge in [0.1, 0.15) is 0 Å². The summed E-state index contributed by atoms with van der Waals surface area (Å²) >= 11 is 0. The molecule has 278 valence electrons. The van der Waals surface area contributed by atoms with Crippen molar-refractivity contribution in [2.75, 3.05) is 84.8 Å². The molecule has 0 unspecified atom stereocenters. The molecular weight excluding hydrogens is 755 g/mol. The predicted molar refractivity (Wildman–Crippen MR) is 204 cm³/mol. The van der Waals surface area contributed by atoms with Gasteiger partial charge < -0.3 is 17.1 Å². The number of halogens is 1. The van der Waals surface area contributed by atoms with Gasteiger partial charge in [0.15, 0.2) is 0 Å². The molecule has 0 atom stereocenters. The van der Waals surface area contributed by atoms with Gasteiger partial charge in [0.2, 0.25) is 0 Å². The number of benzene rings is 1. The number of methoxy groups -OCH3 is 1. The summed E-state index contributed by atoms with van der Waals surface area (Å²) in [6.45, 7) is 30.2. The van der Waals surface area contributed by atoms with Crippen LogP contribution in [-0.4, -0.2) is 114 Å². The van der Waals surface area contributed by atoms with E-state index in [0.29, 0.717) is 15.8 Å². The molecule has 8 heterocycles. The number of aryl methyl sites for hydroxylation is 1. The van der Waals surface area contributed by atoms with Gasteiger partial charge in [-0.1, -0.05) is 126 Å². The van der Waals surface area contributed by atoms with Crippen LogP contribution in [0, 0.1) is 12.3 Å². The van der Waals surface area contributed by atoms with Crippen molar-refractivity contribution in [1.82, 2.24) is 29.4 Å². The van der Waals surface area contributed by atoms with Crippen LogP contribution in [0.25, 0.3) is 0 Å². The smallest absolute Gasteiger partial charge is 1.00 e. The Kier molecular flexibility index (Phi) is 15.7. The zero-order valence-electron chi connectivity index (χ0n) is 32.4. The normalized spacial score (nSPS) is 30.3. The molecule has 2 aromatic rings. The Morgan fingerprint density at radius 1 is 0.633 bits per heavy atom. The van der Waals surface area contributed by atoms with Crippen LogP contribution in [0.15, 0.2) is 36.4 Å². The first-order chi connectivity index (χ1) is 22.0. The van der Waals surface area contributed by atoms with E-state index in [1.54, 1.807) is 7.11 Å². The summed E-state index contributed by atoms with van der Waals surface area (Å²) in [7, 11) is 2.52. The Hall–Kier alpha value is -0.0966. The predicted octanol–water partition coefficient (Wildman–Crippen LogP) is 4.91. The van der Waals surface area contributed by atoms with Crippen molar-refractivity contribution >= 4 is 15.8 Å². The Labute approximate surface area is 321 Å². The molecule has 0 saturated carbocycles. The third-order valence-corrected chi connectivity index (χ3v) is 14.2. The van der Waals surface area contributed by atoms with Gasteiger partial charge in [-0.3, -0.25) is 29.4 Å². The molecule has 0 N–H and O–H groups in total. The molecule has 7 nitrogen and oxygen atoms in total. The van der Waals surface area contributed by atoms with Gasteiger partial charge in [0.05, 0.1) is 47.1 Å². The summed E-state index contributed by atoms with van der Waals surface area (Å²) in [5.74, 6) is 1.06. The first-order valence-electron chi connectivity index (χ1n) is 17.6. The maximum atomic E-state index is 5.70. The van der Waals surface area contributed by atoms with E-state index >= 15 is 0 Å². The molecule has 0 aliphatic carbocycles. The van der Waals surface area contributed by atoms with E-state index in [4.69, 9.17) is 4.74 Å². The van der Waals surface area contributed by atoms with Gasteiger partial charge in [-0.25, -0.2) is 0 Å². The van der Waals surface area contributed by atoms with E-state index in [1.165, 1.54) is 100.0 Å². The first kappa shape index (κ1) is 43.3. The zero-order chi connectivity index (χ0) is 34.1. The fourth-order valence-corrected chi connectivity index (χ4v) is 12.9. The third kappa shape index (κ3) is 12.2. The van der Waals surface area contributed by atoms with Gasteiger partial charge in [0.25, 0.3) is 0 Å². The molecule has 10 rings (SSSR count). The molecule has 8 aliphatic heterocycles. The fourth-order valence-electron chi connectivity index (χ4n) is 7.94. The topological polar surface area (TPSA) is 28.7 Å². The van der Waals surface area contributed by atoms with Gasteiger partial charge in [-0.15, -0.1) is 11.6 Å². The Bertz CT molecular complexity index is 1160. The second-order valence-corrected chi connectivity index (χ2v) is 22.3. The van der Waals surface area contributed by atoms with Gasteiger partial charge >= 0.3 is 19.5 Å². The van der Waals surface area contributed by atoms with Crippen LogP contribution in [0.1, 0.15) is 84.6 Å². The van der Waals surface area contributed by atoms with E-state index in [-0.39, 0.29) is 48.1 Å². The van der Waals surface area contributed by atoms with Crippen molar-refractivity contribution in [2.45, 2.75) is 86.5 Å². The Morgan fingerprint density at radius 3 is 1.22 bits per heavy atom. The second-order valence-electron chi connectivity index (χ2n) is 17.9. The molecule has 0 amide bonds. The fraction of sp³-hybridized carbons (Fsp3) is 0.711. The SMILES string of the molecule is C1N2CN3CN1CP(C2)C3.C1N2CN3CN1CP(C2)C3.CO[c-]1cc(C(C)(C)C)c(CC(C)(C)C)c1C(C)(C)C.Cc1ccccc1.[Cl-].[Ru+2]. The second kappa shape index (κ2) is 17.8. The molecule has 0 spiro atoms. The molecule has 8 fully saturated rings. The summed E-state index contributed by atoms with van der Waals surface area (Å²) in [6, 6.07) is 12.5. The first-order valence-corrected chi connectivity index (χ1v) is 21.4. The number of ether oxygens (including phenoxy) is 1. The zero-order valence-corrected chi connectivity index (χ0v) is 36.7. The molecule has 49 heavy (non-hydrogen) atoms. The van der Waals surface area contributed by atoms with Crippen LogP contribution in [0.3, 0.4) is 0 Å². The minimum absolute atomic E-state index is 0. The van der Waals surface area contributed by atoms with Crippen molar-refractivity contribution in [3.05, 3.63) is 58.7 Å². The average Bonchev–Trinajstić information content (AvgIpc) is 3.31. The van der Waals surface area contributed by atoms with Crippen molar-refractivity contribution in [3.8, 4) is 5.75 Å². The molecular formula is C38H65ClN6OP2Ru. The van der Waals surface area contributed by atoms with Crippen molar-refractivity contribution < 1.29 is 36.6 Å². The standard InChI is InChI=1S/C19H33O.C7H8.2C6H12N3P.ClH.Ru/c1-17(2,3)12-13-14(18(4,5)6)11-15(20-10)16(13)19(7,8)9;1-7-5-3-2-4-6-7;2*1-7-2-9-3-8(1)5-10(4-7)6-9;;/h11H,12H2,1-10H3;2-6H,1H3;2*1-6H2;1H;/q-1;;;;;+2/p-1. The molecule has 8 aliphatic rings. The minimum atomic E-state index is 0. The van der Waals surface area contributed by atoms with E-state index in [9.17, 15) is 0 Å². The molecule has 11 heteroatoms. The van der Waals surface area contributed by atoms with Crippen LogP contribution in [0.2, 0.25) is 0 Å². The van der Waals surface area contributed by atoms with Crippen molar-refractivity contribution in [2.24, 2.45) is 5.41 Å². The van der Waals surface area contributed by atoms with Crippen LogP contribution in [-0.2, 0) is 36.7 Å². The monoisotopic (exact) mass is 820 g/mol. The minimum Gasteiger partial charge on any atom is -1.00 e. The van der Waals surface area contributed by atoms with E-state index in [1.807, 2.05) is 18.2 Å². The molecule has 8 bridgehead atoms. The van der Waals surface area contributed by atoms with E-state index < -0.39 is 0 Å². The van der Waals surface area contributed by atoms with Gasteiger partial charge in [0, 0.05) is 43.5 Å². The van der Waals surface area contributed by atoms with Crippen LogP contribution >= 0.6 is 15.8 Å². The van der Waals surface area contributed by atoms with Crippen molar-refractivity contribution in [3.63, 3.8) is 0 Å². The Morgan fingerprint density at radius 2 is 1.00 bits per heavy atom. The number of rotatable bonds is 2. The molecule has 0 radical (unpaired) electrons. The van der Waals surface area contributed by atoms with Gasteiger partial charge in [-0.2, -0.15) is 11.1 Å². The van der Waals surface area contributed by atoms with E-state index in [0.717, 1.165) is 12.2 Å². The average molecular weight is 820 g/mol. The number of hydrogen-bond acceptors (Lipinski definition) is 7. The van der Waals surface area contributed by atoms with Crippen molar-refractivity contribution in [1.29, 1.82) is 0 Å². The number of nitrogens with zero attached hydrogens (tertiary/aromatic N) is 6. The van der Waals surface area contributed by atoms with E-state index in [2.05, 4.69) is 117 Å². The summed E-state index contributed by atoms with van der Waals surface area (Å²) in [4.78, 5) is 15.4. The van der Waals surface area contributed by atoms with Crippen LogP contribution in [0.4, 0.5) is 0 Å². The summed E-state index contributed by atoms with van der Waals surface area (Å²) in [6.07, 6.45) is 9.61. The maximum absolute atomic E-state index is 5.70. The summed E-state index contributed by atoms with van der Waals surface area (Å²) in [5.41, 5.74) is 6.18. The third-order valence-electron chi connectivity index (χ3n) is 9.37. The quantitative estimate of drug-likeness (QED) is 0.242. The Balaban J connectivity index is 0.000000188. The molecule has 2 aromatic carbocycles. The summed E-state index contributed by atoms with van der Waals surface area (Å²) in [5, 5.41) is 0. The van der Waals surface area contributed by atoms with Crippen LogP contribution < -0.4 is 17.1 Å². The molecule has 0 aromatic heterocycles. The molecule has 8 saturated heterocycles. The maximum Gasteiger partial charge on any atom is 2.00 e. The van der Waals surface area contributed by atoms with Crippen LogP contribution in [0.5, 0.6) is 5.75 Å². The largest absolute Gasteiger partial charge is 2.00 e.